The number of nitrogens with zero attached hydrogens (tertiary/aromatic N) is 12. The van der Waals surface area contributed by atoms with Gasteiger partial charge in [0, 0.05) is 39.0 Å². The van der Waals surface area contributed by atoms with E-state index in [9.17, 15) is 0 Å². The summed E-state index contributed by atoms with van der Waals surface area (Å²) in [7, 11) is 0. The number of nitrogens with one attached hydrogen (secondary N) is 2. The van der Waals surface area contributed by atoms with Gasteiger partial charge in [-0.1, -0.05) is 13.8 Å². The maximum atomic E-state index is 4.92. The van der Waals surface area contributed by atoms with Crippen molar-refractivity contribution in [2.45, 2.75) is 86.6 Å². The number of aryl methyl sites for hydroxylation is 4. The third-order valence-electron chi connectivity index (χ3n) is 9.02. The van der Waals surface area contributed by atoms with Crippen LogP contribution in [0.15, 0.2) is 20.4 Å². The Bertz CT molecular complexity index is 1590. The van der Waals surface area contributed by atoms with Crippen LogP contribution in [-0.4, -0.2) is 75.9 Å². The first-order valence-electron chi connectivity index (χ1n) is 15.4. The molecule has 0 unspecified atom stereocenters. The third kappa shape index (κ3) is 5.01. The Morgan fingerprint density at radius 1 is 0.614 bits per heavy atom. The van der Waals surface area contributed by atoms with Gasteiger partial charge >= 0.3 is 0 Å². The summed E-state index contributed by atoms with van der Waals surface area (Å²) >= 11 is 3.06. The molecular formula is C28H36N14S2. The Balaban J connectivity index is 0.966. The van der Waals surface area contributed by atoms with E-state index in [0.29, 0.717) is 12.8 Å². The fourth-order valence-electron chi connectivity index (χ4n) is 6.07. The van der Waals surface area contributed by atoms with Crippen molar-refractivity contribution in [2.24, 2.45) is 11.8 Å². The standard InChI is InChI=1S/C28H36N14S2/c1-15-7-11-39(12-8-15)25-29-17(3)21-23(31-25)43-27-35-33-19(41(27)37-21)5-6-20-34-36-28-42(20)38-22-18(4)30-26(32-24(22)44-28)40-13-9-16(2)10-14-40/h15-16,37-38H,5-14H2,1-4H3. The van der Waals surface area contributed by atoms with Crippen LogP contribution in [0.5, 0.6) is 0 Å². The van der Waals surface area contributed by atoms with Crippen molar-refractivity contribution >= 4 is 46.8 Å². The topological polar surface area (TPSA) is 144 Å². The molecule has 4 aliphatic heterocycles. The van der Waals surface area contributed by atoms with Gasteiger partial charge in [0.25, 0.3) is 0 Å². The minimum absolute atomic E-state index is 0.624. The molecule has 4 aromatic heterocycles. The van der Waals surface area contributed by atoms with Gasteiger partial charge in [0.2, 0.25) is 22.2 Å². The van der Waals surface area contributed by atoms with Crippen molar-refractivity contribution in [1.82, 2.24) is 49.7 Å². The molecule has 0 atom stereocenters. The molecule has 2 saturated heterocycles. The van der Waals surface area contributed by atoms with E-state index in [1.54, 1.807) is 0 Å². The summed E-state index contributed by atoms with van der Waals surface area (Å²) in [6.07, 6.45) is 5.93. The molecule has 16 heteroatoms. The minimum atomic E-state index is 0.624. The number of anilines is 4. The Hall–Kier alpha value is -3.66. The smallest absolute Gasteiger partial charge is 0.226 e. The summed E-state index contributed by atoms with van der Waals surface area (Å²) in [6, 6.07) is 0. The number of piperidine rings is 2. The van der Waals surface area contributed by atoms with Crippen LogP contribution in [0.25, 0.3) is 0 Å². The summed E-state index contributed by atoms with van der Waals surface area (Å²) in [6.45, 7) is 12.7. The van der Waals surface area contributed by atoms with Gasteiger partial charge in [-0.3, -0.25) is 10.9 Å². The van der Waals surface area contributed by atoms with Crippen LogP contribution >= 0.6 is 23.5 Å². The normalized spacial score (nSPS) is 18.3. The Kier molecular flexibility index (Phi) is 7.00. The van der Waals surface area contributed by atoms with E-state index >= 15 is 0 Å². The van der Waals surface area contributed by atoms with Gasteiger partial charge in [0.05, 0.1) is 11.4 Å². The van der Waals surface area contributed by atoms with Crippen LogP contribution in [0.1, 0.15) is 62.6 Å². The summed E-state index contributed by atoms with van der Waals surface area (Å²) in [5.74, 6) is 4.74. The van der Waals surface area contributed by atoms with Gasteiger partial charge in [-0.05, 0) is 74.9 Å². The second-order valence-electron chi connectivity index (χ2n) is 12.3. The molecule has 230 valence electrons. The molecule has 0 radical (unpaired) electrons. The van der Waals surface area contributed by atoms with E-state index in [1.807, 2.05) is 23.2 Å². The maximum absolute atomic E-state index is 4.92. The number of rotatable bonds is 5. The van der Waals surface area contributed by atoms with Gasteiger partial charge in [-0.15, -0.1) is 20.4 Å². The predicted molar refractivity (Wildman–Crippen MR) is 168 cm³/mol. The first-order valence-corrected chi connectivity index (χ1v) is 17.1. The highest BCUT2D eigenvalue weighted by atomic mass is 32.2. The van der Waals surface area contributed by atoms with Crippen LogP contribution in [0.3, 0.4) is 0 Å². The lowest BCUT2D eigenvalue weighted by Gasteiger charge is -2.31. The third-order valence-corrected chi connectivity index (χ3v) is 10.9. The highest BCUT2D eigenvalue weighted by Crippen LogP contribution is 2.40. The Morgan fingerprint density at radius 2 is 1.02 bits per heavy atom. The molecule has 0 bridgehead atoms. The lowest BCUT2D eigenvalue weighted by molar-refractivity contribution is 0.433. The lowest BCUT2D eigenvalue weighted by atomic mass is 10.00. The highest BCUT2D eigenvalue weighted by Gasteiger charge is 2.29. The molecule has 4 aliphatic rings. The van der Waals surface area contributed by atoms with Crippen LogP contribution in [0.2, 0.25) is 0 Å². The van der Waals surface area contributed by atoms with Crippen molar-refractivity contribution < 1.29 is 0 Å². The molecule has 8 heterocycles. The molecule has 44 heavy (non-hydrogen) atoms. The molecule has 8 rings (SSSR count). The van der Waals surface area contributed by atoms with E-state index < -0.39 is 0 Å². The van der Waals surface area contributed by atoms with Gasteiger partial charge in [-0.2, -0.15) is 0 Å². The molecule has 0 spiro atoms. The van der Waals surface area contributed by atoms with E-state index in [2.05, 4.69) is 54.9 Å². The maximum Gasteiger partial charge on any atom is 0.226 e. The molecule has 0 amide bonds. The first kappa shape index (κ1) is 27.9. The Morgan fingerprint density at radius 3 is 1.43 bits per heavy atom. The average molecular weight is 633 g/mol. The SMILES string of the molecule is Cc1nc(N2CCC(C)CC2)nc2c1Nn1c(CCc3nnc4n3Nc3c(C)nc(N5CCC(C)CC5)nc3S4)nnc1S2. The van der Waals surface area contributed by atoms with Crippen molar-refractivity contribution in [1.29, 1.82) is 0 Å². The second kappa shape index (κ2) is 11.1. The van der Waals surface area contributed by atoms with Crippen molar-refractivity contribution in [3.05, 3.63) is 23.0 Å². The van der Waals surface area contributed by atoms with E-state index in [0.717, 1.165) is 105 Å². The Labute approximate surface area is 264 Å². The fraction of sp³-hybridized carbons (Fsp3) is 0.571. The second-order valence-corrected chi connectivity index (χ2v) is 14.2. The van der Waals surface area contributed by atoms with Crippen LogP contribution in [0, 0.1) is 25.7 Å². The number of hydrogen-bond donors (Lipinski definition) is 2. The molecule has 0 aromatic carbocycles. The van der Waals surface area contributed by atoms with Crippen molar-refractivity contribution in [2.75, 3.05) is 46.8 Å². The molecule has 2 fully saturated rings. The molecule has 0 aliphatic carbocycles. The van der Waals surface area contributed by atoms with Gasteiger partial charge in [0.15, 0.2) is 11.6 Å². The summed E-state index contributed by atoms with van der Waals surface area (Å²) in [5, 5.41) is 21.3. The largest absolute Gasteiger partial charge is 0.341 e. The summed E-state index contributed by atoms with van der Waals surface area (Å²) in [5.41, 5.74) is 10.6. The van der Waals surface area contributed by atoms with Gasteiger partial charge < -0.3 is 9.80 Å². The zero-order chi connectivity index (χ0) is 29.9. The van der Waals surface area contributed by atoms with E-state index in [1.165, 1.54) is 49.2 Å². The molecule has 14 nitrogen and oxygen atoms in total. The van der Waals surface area contributed by atoms with Crippen LogP contribution < -0.4 is 20.7 Å². The number of hydrogen-bond acceptors (Lipinski definition) is 14. The highest BCUT2D eigenvalue weighted by molar-refractivity contribution is 7.99. The summed E-state index contributed by atoms with van der Waals surface area (Å²) < 4.78 is 3.88. The predicted octanol–water partition coefficient (Wildman–Crippen LogP) is 4.00. The average Bonchev–Trinajstić information content (AvgIpc) is 3.61. The molecule has 0 saturated carbocycles. The van der Waals surface area contributed by atoms with Crippen molar-refractivity contribution in [3.63, 3.8) is 0 Å². The molecule has 2 N–H and O–H groups in total. The lowest BCUT2D eigenvalue weighted by Crippen LogP contribution is -2.34. The van der Waals surface area contributed by atoms with Gasteiger partial charge in [-0.25, -0.2) is 29.3 Å². The molecular weight excluding hydrogens is 597 g/mol. The van der Waals surface area contributed by atoms with Gasteiger partial charge in [0.1, 0.15) is 21.4 Å². The first-order chi connectivity index (χ1) is 21.4. The van der Waals surface area contributed by atoms with E-state index in [4.69, 9.17) is 19.9 Å². The zero-order valence-corrected chi connectivity index (χ0v) is 27.0. The van der Waals surface area contributed by atoms with Crippen molar-refractivity contribution in [3.8, 4) is 0 Å². The quantitative estimate of drug-likeness (QED) is 0.264. The minimum Gasteiger partial charge on any atom is -0.341 e. The number of fused-ring (bicyclic) bond motifs is 4. The van der Waals surface area contributed by atoms with Crippen LogP contribution in [-0.2, 0) is 12.8 Å². The monoisotopic (exact) mass is 632 g/mol. The van der Waals surface area contributed by atoms with E-state index in [-0.39, 0.29) is 0 Å². The zero-order valence-electron chi connectivity index (χ0n) is 25.4. The summed E-state index contributed by atoms with van der Waals surface area (Å²) in [4.78, 5) is 24.1. The number of aromatic nitrogens is 10. The fourth-order valence-corrected chi connectivity index (χ4v) is 7.91. The molecule has 4 aromatic rings. The van der Waals surface area contributed by atoms with Crippen LogP contribution in [0.4, 0.5) is 23.3 Å².